The number of benzene rings is 2. The van der Waals surface area contributed by atoms with Crippen LogP contribution in [-0.4, -0.2) is 23.7 Å². The predicted molar refractivity (Wildman–Crippen MR) is 86.5 cm³/mol. The summed E-state index contributed by atoms with van der Waals surface area (Å²) in [5, 5.41) is 15.4. The van der Waals surface area contributed by atoms with Crippen LogP contribution in [0.1, 0.15) is 17.5 Å². The first-order chi connectivity index (χ1) is 11.4. The molecule has 0 amide bonds. The second-order valence-electron chi connectivity index (χ2n) is 5.25. The Hall–Kier alpha value is -2.83. The largest absolute Gasteiger partial charge is 0.507 e. The van der Waals surface area contributed by atoms with Gasteiger partial charge in [-0.05, 0) is 30.3 Å². The molecule has 1 aliphatic heterocycles. The summed E-state index contributed by atoms with van der Waals surface area (Å²) in [4.78, 5) is 4.20. The molecule has 7 heteroatoms. The van der Waals surface area contributed by atoms with Crippen molar-refractivity contribution < 1.29 is 18.3 Å². The smallest absolute Gasteiger partial charge is 0.416 e. The fourth-order valence-electron chi connectivity index (χ4n) is 2.31. The molecule has 0 unspecified atom stereocenters. The molecule has 2 aromatic carbocycles. The predicted octanol–water partition coefficient (Wildman–Crippen LogP) is 4.05. The van der Waals surface area contributed by atoms with Gasteiger partial charge in [0.1, 0.15) is 5.75 Å². The van der Waals surface area contributed by atoms with Crippen molar-refractivity contribution in [1.82, 2.24) is 0 Å². The Balaban J connectivity index is 1.78. The van der Waals surface area contributed by atoms with Crippen LogP contribution >= 0.6 is 0 Å². The van der Waals surface area contributed by atoms with E-state index in [9.17, 15) is 18.3 Å². The number of para-hydroxylation sites is 1. The van der Waals surface area contributed by atoms with E-state index in [1.54, 1.807) is 30.3 Å². The minimum Gasteiger partial charge on any atom is -0.507 e. The third kappa shape index (κ3) is 3.56. The summed E-state index contributed by atoms with van der Waals surface area (Å²) < 4.78 is 38.3. The number of hydrazone groups is 1. The number of anilines is 1. The molecular weight excluding hydrogens is 319 g/mol. The molecule has 0 radical (unpaired) electrons. The number of hydrogen-bond donors (Lipinski definition) is 1. The van der Waals surface area contributed by atoms with Gasteiger partial charge in [0.15, 0.2) is 5.84 Å². The van der Waals surface area contributed by atoms with Crippen LogP contribution in [0.3, 0.4) is 0 Å². The van der Waals surface area contributed by atoms with E-state index in [0.717, 1.165) is 12.1 Å². The maximum atomic E-state index is 12.8. The molecule has 3 rings (SSSR count). The van der Waals surface area contributed by atoms with Gasteiger partial charge < -0.3 is 5.11 Å². The molecule has 1 heterocycles. The Morgan fingerprint density at radius 3 is 2.67 bits per heavy atom. The van der Waals surface area contributed by atoms with Gasteiger partial charge in [0.2, 0.25) is 0 Å². The third-order valence-corrected chi connectivity index (χ3v) is 3.54. The summed E-state index contributed by atoms with van der Waals surface area (Å²) in [6, 6.07) is 11.8. The number of hydrogen-bond acceptors (Lipinski definition) is 4. The summed E-state index contributed by atoms with van der Waals surface area (Å²) in [5.74, 6) is 0.602. The van der Waals surface area contributed by atoms with Gasteiger partial charge in [-0.2, -0.15) is 18.3 Å². The topological polar surface area (TPSA) is 48.2 Å². The molecule has 0 spiro atoms. The number of rotatable bonds is 2. The zero-order chi connectivity index (χ0) is 17.2. The number of alkyl halides is 3. The second-order valence-corrected chi connectivity index (χ2v) is 5.25. The lowest BCUT2D eigenvalue weighted by Crippen LogP contribution is -2.13. The average Bonchev–Trinajstić information content (AvgIpc) is 3.02. The van der Waals surface area contributed by atoms with Gasteiger partial charge in [-0.1, -0.05) is 18.2 Å². The lowest BCUT2D eigenvalue weighted by molar-refractivity contribution is -0.137. The Bertz CT molecular complexity index is 800. The van der Waals surface area contributed by atoms with Crippen molar-refractivity contribution in [3.63, 3.8) is 0 Å². The Labute approximate surface area is 136 Å². The summed E-state index contributed by atoms with van der Waals surface area (Å²) in [6.45, 7) is 0.453. The van der Waals surface area contributed by atoms with Crippen molar-refractivity contribution in [1.29, 1.82) is 0 Å². The molecule has 4 nitrogen and oxygen atoms in total. The normalized spacial score (nSPS) is 15.1. The Morgan fingerprint density at radius 1 is 1.12 bits per heavy atom. The molecule has 0 aromatic heterocycles. The standard InChI is InChI=1S/C17H14F3N3O/c18-17(19,20)13-5-3-6-14(10-13)23-9-8-16(22-23)21-11-12-4-1-2-7-15(12)24/h1-7,10-11,24H,8-9H2/b21-11+. The molecule has 0 bridgehead atoms. The van der Waals surface area contributed by atoms with Crippen LogP contribution in [0.5, 0.6) is 5.75 Å². The highest BCUT2D eigenvalue weighted by Gasteiger charge is 2.31. The minimum absolute atomic E-state index is 0.106. The third-order valence-electron chi connectivity index (χ3n) is 3.54. The van der Waals surface area contributed by atoms with Crippen molar-refractivity contribution in [3.05, 3.63) is 59.7 Å². The molecule has 124 valence electrons. The number of aliphatic imine (C=N–C) groups is 1. The molecular formula is C17H14F3N3O. The van der Waals surface area contributed by atoms with Gasteiger partial charge in [0.25, 0.3) is 0 Å². The summed E-state index contributed by atoms with van der Waals surface area (Å²) in [7, 11) is 0. The highest BCUT2D eigenvalue weighted by atomic mass is 19.4. The van der Waals surface area contributed by atoms with Crippen molar-refractivity contribution in [2.24, 2.45) is 10.1 Å². The molecule has 0 aliphatic carbocycles. The van der Waals surface area contributed by atoms with Crippen molar-refractivity contribution in [2.45, 2.75) is 12.6 Å². The summed E-state index contributed by atoms with van der Waals surface area (Å²) in [5.41, 5.74) is 0.219. The van der Waals surface area contributed by atoms with Crippen LogP contribution in [0.25, 0.3) is 0 Å². The van der Waals surface area contributed by atoms with Gasteiger partial charge in [-0.3, -0.25) is 5.01 Å². The highest BCUT2D eigenvalue weighted by Crippen LogP contribution is 2.32. The van der Waals surface area contributed by atoms with Gasteiger partial charge in [0, 0.05) is 24.7 Å². The lowest BCUT2D eigenvalue weighted by Gasteiger charge is -2.15. The van der Waals surface area contributed by atoms with Crippen LogP contribution in [0.2, 0.25) is 0 Å². The maximum Gasteiger partial charge on any atom is 0.416 e. The van der Waals surface area contributed by atoms with Crippen LogP contribution in [0.15, 0.2) is 58.6 Å². The monoisotopic (exact) mass is 333 g/mol. The van der Waals surface area contributed by atoms with Crippen molar-refractivity contribution in [3.8, 4) is 5.75 Å². The van der Waals surface area contributed by atoms with Crippen molar-refractivity contribution >= 4 is 17.7 Å². The molecule has 0 atom stereocenters. The number of aromatic hydroxyl groups is 1. The van der Waals surface area contributed by atoms with E-state index in [2.05, 4.69) is 10.1 Å². The Morgan fingerprint density at radius 2 is 1.92 bits per heavy atom. The SMILES string of the molecule is Oc1ccccc1/C=N/C1=NN(c2cccc(C(F)(F)F)c2)CC1. The summed E-state index contributed by atoms with van der Waals surface area (Å²) >= 11 is 0. The quantitative estimate of drug-likeness (QED) is 0.843. The van der Waals surface area contributed by atoms with E-state index in [4.69, 9.17) is 0 Å². The zero-order valence-corrected chi connectivity index (χ0v) is 12.5. The molecule has 1 aliphatic rings. The summed E-state index contributed by atoms with van der Waals surface area (Å²) in [6.07, 6.45) is -2.38. The van der Waals surface area contributed by atoms with E-state index >= 15 is 0 Å². The van der Waals surface area contributed by atoms with E-state index in [0.29, 0.717) is 30.1 Å². The first kappa shape index (κ1) is 16.0. The Kier molecular flexibility index (Phi) is 4.24. The number of nitrogens with zero attached hydrogens (tertiary/aromatic N) is 3. The fourth-order valence-corrected chi connectivity index (χ4v) is 2.31. The fraction of sp³-hybridized carbons (Fsp3) is 0.176. The number of amidine groups is 1. The first-order valence-electron chi connectivity index (χ1n) is 7.28. The zero-order valence-electron chi connectivity index (χ0n) is 12.5. The first-order valence-corrected chi connectivity index (χ1v) is 7.28. The minimum atomic E-state index is -4.38. The van der Waals surface area contributed by atoms with E-state index in [1.165, 1.54) is 17.3 Å². The van der Waals surface area contributed by atoms with Crippen LogP contribution in [0.4, 0.5) is 18.9 Å². The van der Waals surface area contributed by atoms with Gasteiger partial charge >= 0.3 is 6.18 Å². The van der Waals surface area contributed by atoms with Crippen LogP contribution < -0.4 is 5.01 Å². The van der Waals surface area contributed by atoms with Gasteiger partial charge in [-0.25, -0.2) is 4.99 Å². The molecule has 0 fully saturated rings. The molecule has 24 heavy (non-hydrogen) atoms. The lowest BCUT2D eigenvalue weighted by atomic mass is 10.2. The number of phenolic OH excluding ortho intramolecular Hbond substituents is 1. The van der Waals surface area contributed by atoms with Gasteiger partial charge in [-0.15, -0.1) is 0 Å². The molecule has 0 saturated carbocycles. The maximum absolute atomic E-state index is 12.8. The number of halogens is 3. The van der Waals surface area contributed by atoms with Crippen molar-refractivity contribution in [2.75, 3.05) is 11.6 Å². The highest BCUT2D eigenvalue weighted by molar-refractivity contribution is 5.97. The van der Waals surface area contributed by atoms with Crippen LogP contribution in [0, 0.1) is 0 Å². The van der Waals surface area contributed by atoms with E-state index in [-0.39, 0.29) is 5.75 Å². The van der Waals surface area contributed by atoms with Gasteiger partial charge in [0.05, 0.1) is 11.3 Å². The molecule has 2 aromatic rings. The average molecular weight is 333 g/mol. The van der Waals surface area contributed by atoms with E-state index in [1.807, 2.05) is 0 Å². The second kappa shape index (κ2) is 6.35. The number of phenols is 1. The van der Waals surface area contributed by atoms with Crippen LogP contribution in [-0.2, 0) is 6.18 Å². The molecule has 1 N–H and O–H groups in total. The van der Waals surface area contributed by atoms with E-state index < -0.39 is 11.7 Å². The molecule has 0 saturated heterocycles.